The normalized spacial score (nSPS) is 18.1. The Morgan fingerprint density at radius 2 is 2.33 bits per heavy atom. The van der Waals surface area contributed by atoms with Crippen molar-refractivity contribution in [3.05, 3.63) is 47.5 Å². The molecule has 0 spiro atoms. The number of carbonyl (C=O) groups is 2. The monoisotopic (exact) mass is 244 g/mol. The molecular weight excluding hydrogens is 228 g/mol. The van der Waals surface area contributed by atoms with Crippen molar-refractivity contribution >= 4 is 11.8 Å². The summed E-state index contributed by atoms with van der Waals surface area (Å²) in [5, 5.41) is 0. The van der Waals surface area contributed by atoms with Crippen LogP contribution in [0.2, 0.25) is 0 Å². The maximum Gasteiger partial charge on any atom is 0.338 e. The summed E-state index contributed by atoms with van der Waals surface area (Å²) in [5.74, 6) is -0.258. The summed E-state index contributed by atoms with van der Waals surface area (Å²) < 4.78 is 4.75. The molecule has 2 rings (SSSR count). The lowest BCUT2D eigenvalue weighted by molar-refractivity contribution is 0.0599. The van der Waals surface area contributed by atoms with Gasteiger partial charge in [0.2, 0.25) is 0 Å². The van der Waals surface area contributed by atoms with Crippen molar-refractivity contribution < 1.29 is 14.3 Å². The van der Waals surface area contributed by atoms with E-state index in [1.165, 1.54) is 7.11 Å². The summed E-state index contributed by atoms with van der Waals surface area (Å²) in [7, 11) is 1.35. The van der Waals surface area contributed by atoms with Crippen molar-refractivity contribution in [1.82, 2.24) is 0 Å². The fourth-order valence-corrected chi connectivity index (χ4v) is 2.48. The predicted octanol–water partition coefficient (Wildman–Crippen LogP) is 2.79. The molecule has 1 atom stereocenters. The van der Waals surface area contributed by atoms with Gasteiger partial charge in [-0.2, -0.15) is 0 Å². The van der Waals surface area contributed by atoms with Crippen molar-refractivity contribution in [2.45, 2.75) is 19.3 Å². The Morgan fingerprint density at radius 3 is 3.00 bits per heavy atom. The highest BCUT2D eigenvalue weighted by Gasteiger charge is 2.29. The Morgan fingerprint density at radius 1 is 1.56 bits per heavy atom. The zero-order valence-corrected chi connectivity index (χ0v) is 10.4. The van der Waals surface area contributed by atoms with Crippen LogP contribution in [0.1, 0.15) is 39.1 Å². The second-order valence-corrected chi connectivity index (χ2v) is 4.45. The first kappa shape index (κ1) is 12.6. The Hall–Kier alpha value is -1.90. The van der Waals surface area contributed by atoms with Crippen LogP contribution in [0.3, 0.4) is 0 Å². The molecule has 0 saturated carbocycles. The molecule has 1 aliphatic carbocycles. The number of benzene rings is 1. The van der Waals surface area contributed by atoms with Crippen LogP contribution in [0.25, 0.3) is 0 Å². The minimum absolute atomic E-state index is 0.00268. The molecular formula is C15H16O3. The molecule has 0 N–H and O–H groups in total. The van der Waals surface area contributed by atoms with Crippen LogP contribution in [0, 0.1) is 5.92 Å². The molecule has 0 fully saturated rings. The zero-order valence-electron chi connectivity index (χ0n) is 10.4. The first-order valence-electron chi connectivity index (χ1n) is 6.04. The number of rotatable bonds is 3. The number of hydrogen-bond acceptors (Lipinski definition) is 3. The van der Waals surface area contributed by atoms with Gasteiger partial charge in [-0.3, -0.25) is 4.79 Å². The quantitative estimate of drug-likeness (QED) is 0.606. The molecule has 0 bridgehead atoms. The third-order valence-corrected chi connectivity index (χ3v) is 3.41. The molecule has 1 unspecified atom stereocenters. The summed E-state index contributed by atoms with van der Waals surface area (Å²) in [6.07, 6.45) is 3.98. The molecule has 94 valence electrons. The van der Waals surface area contributed by atoms with E-state index >= 15 is 0 Å². The van der Waals surface area contributed by atoms with Gasteiger partial charge in [0, 0.05) is 11.5 Å². The first-order valence-corrected chi connectivity index (χ1v) is 6.04. The molecule has 1 aliphatic rings. The molecule has 0 saturated heterocycles. The van der Waals surface area contributed by atoms with Gasteiger partial charge in [0.05, 0.1) is 12.7 Å². The predicted molar refractivity (Wildman–Crippen MR) is 68.7 cm³/mol. The largest absolute Gasteiger partial charge is 0.465 e. The van der Waals surface area contributed by atoms with Crippen molar-refractivity contribution in [1.29, 1.82) is 0 Å². The van der Waals surface area contributed by atoms with Gasteiger partial charge in [-0.05, 0) is 30.9 Å². The molecule has 0 aromatic heterocycles. The van der Waals surface area contributed by atoms with E-state index in [1.807, 2.05) is 0 Å². The molecule has 0 amide bonds. The Balaban J connectivity index is 2.42. The van der Waals surface area contributed by atoms with E-state index in [-0.39, 0.29) is 17.7 Å². The van der Waals surface area contributed by atoms with Gasteiger partial charge in [0.15, 0.2) is 5.78 Å². The number of carbonyl (C=O) groups excluding carboxylic acids is 2. The Kier molecular flexibility index (Phi) is 3.60. The van der Waals surface area contributed by atoms with Gasteiger partial charge in [-0.25, -0.2) is 4.79 Å². The lowest BCUT2D eigenvalue weighted by atomic mass is 9.79. The van der Waals surface area contributed by atoms with E-state index in [9.17, 15) is 9.59 Å². The average Bonchev–Trinajstić information content (AvgIpc) is 2.41. The van der Waals surface area contributed by atoms with E-state index in [2.05, 4.69) is 6.58 Å². The van der Waals surface area contributed by atoms with Crippen molar-refractivity contribution in [2.75, 3.05) is 7.11 Å². The van der Waals surface area contributed by atoms with Crippen molar-refractivity contribution in [2.24, 2.45) is 5.92 Å². The van der Waals surface area contributed by atoms with E-state index in [1.54, 1.807) is 24.3 Å². The highest BCUT2D eigenvalue weighted by molar-refractivity contribution is 6.03. The number of fused-ring (bicyclic) bond motifs is 1. The first-order chi connectivity index (χ1) is 8.69. The zero-order chi connectivity index (χ0) is 13.1. The third kappa shape index (κ3) is 2.08. The molecule has 1 aromatic carbocycles. The van der Waals surface area contributed by atoms with Crippen LogP contribution in [0.5, 0.6) is 0 Å². The minimum Gasteiger partial charge on any atom is -0.465 e. The van der Waals surface area contributed by atoms with E-state index in [0.29, 0.717) is 17.5 Å². The smallest absolute Gasteiger partial charge is 0.338 e. The van der Waals surface area contributed by atoms with Crippen LogP contribution in [-0.4, -0.2) is 18.9 Å². The van der Waals surface area contributed by atoms with Crippen molar-refractivity contribution in [3.8, 4) is 0 Å². The van der Waals surface area contributed by atoms with Gasteiger partial charge in [-0.15, -0.1) is 6.58 Å². The summed E-state index contributed by atoms with van der Waals surface area (Å²) in [4.78, 5) is 23.9. The Labute approximate surface area is 106 Å². The molecule has 0 radical (unpaired) electrons. The molecule has 3 heteroatoms. The number of esters is 1. The number of allylic oxidation sites excluding steroid dienone is 1. The fraction of sp³-hybridized carbons (Fsp3) is 0.333. The standard InChI is InChI=1S/C15H16O3/c1-3-5-10-8-9-11-12(14(10)16)6-4-7-13(11)15(17)18-2/h3-4,6-7,10H,1,5,8-9H2,2H3. The lowest BCUT2D eigenvalue weighted by Gasteiger charge is -2.23. The summed E-state index contributed by atoms with van der Waals surface area (Å²) in [6, 6.07) is 5.24. The number of Topliss-reactive ketones (excluding diaryl/α,β-unsaturated/α-hetero) is 1. The second kappa shape index (κ2) is 5.17. The van der Waals surface area contributed by atoms with Crippen LogP contribution in [0.15, 0.2) is 30.9 Å². The maximum atomic E-state index is 12.3. The number of ketones is 1. The summed E-state index contributed by atoms with van der Waals surface area (Å²) in [5.41, 5.74) is 2.01. The fourth-order valence-electron chi connectivity index (χ4n) is 2.48. The summed E-state index contributed by atoms with van der Waals surface area (Å²) >= 11 is 0. The van der Waals surface area contributed by atoms with Gasteiger partial charge in [0.25, 0.3) is 0 Å². The van der Waals surface area contributed by atoms with Crippen LogP contribution in [0.4, 0.5) is 0 Å². The van der Waals surface area contributed by atoms with Crippen LogP contribution < -0.4 is 0 Å². The number of methoxy groups -OCH3 is 1. The van der Waals surface area contributed by atoms with Crippen LogP contribution in [-0.2, 0) is 11.2 Å². The van der Waals surface area contributed by atoms with E-state index in [4.69, 9.17) is 4.74 Å². The van der Waals surface area contributed by atoms with Crippen LogP contribution >= 0.6 is 0 Å². The van der Waals surface area contributed by atoms with Gasteiger partial charge >= 0.3 is 5.97 Å². The maximum absolute atomic E-state index is 12.3. The molecule has 0 aliphatic heterocycles. The van der Waals surface area contributed by atoms with Gasteiger partial charge in [0.1, 0.15) is 0 Å². The average molecular weight is 244 g/mol. The van der Waals surface area contributed by atoms with Gasteiger partial charge < -0.3 is 4.74 Å². The van der Waals surface area contributed by atoms with Gasteiger partial charge in [-0.1, -0.05) is 18.2 Å². The Bertz CT molecular complexity index is 502. The highest BCUT2D eigenvalue weighted by Crippen LogP contribution is 2.30. The molecule has 1 aromatic rings. The highest BCUT2D eigenvalue weighted by atomic mass is 16.5. The molecule has 0 heterocycles. The summed E-state index contributed by atoms with van der Waals surface area (Å²) in [6.45, 7) is 3.68. The molecule has 3 nitrogen and oxygen atoms in total. The van der Waals surface area contributed by atoms with E-state index < -0.39 is 0 Å². The van der Waals surface area contributed by atoms with E-state index in [0.717, 1.165) is 18.4 Å². The third-order valence-electron chi connectivity index (χ3n) is 3.41. The topological polar surface area (TPSA) is 43.4 Å². The number of hydrogen-bond donors (Lipinski definition) is 0. The SMILES string of the molecule is C=CCC1CCc2c(C(=O)OC)cccc2C1=O. The lowest BCUT2D eigenvalue weighted by Crippen LogP contribution is -2.24. The second-order valence-electron chi connectivity index (χ2n) is 4.45. The number of ether oxygens (including phenoxy) is 1. The minimum atomic E-state index is -0.373. The van der Waals surface area contributed by atoms with Crippen molar-refractivity contribution in [3.63, 3.8) is 0 Å². The molecule has 18 heavy (non-hydrogen) atoms.